The van der Waals surface area contributed by atoms with Crippen LogP contribution in [0.5, 0.6) is 0 Å². The molecule has 4 nitrogen and oxygen atoms in total. The van der Waals surface area contributed by atoms with Crippen molar-refractivity contribution in [3.63, 3.8) is 0 Å². The number of hydrogen-bond donors (Lipinski definition) is 2. The van der Waals surface area contributed by atoms with Gasteiger partial charge in [0.1, 0.15) is 5.41 Å². The Morgan fingerprint density at radius 3 is 2.32 bits per heavy atom. The maximum Gasteiger partial charge on any atom is 0.240 e. The molecule has 1 aliphatic rings. The number of carbonyl (C=O) groups excluding carboxylic acids is 1. The SMILES string of the molecule is CC(C)CC(CO)NC(=O)C1(C#N)CCCCCC1. The zero-order chi connectivity index (χ0) is 14.3. The first-order valence-electron chi connectivity index (χ1n) is 7.37. The third-order valence-electron chi connectivity index (χ3n) is 3.92. The lowest BCUT2D eigenvalue weighted by Gasteiger charge is -2.27. The Balaban J connectivity index is 2.69. The van der Waals surface area contributed by atoms with E-state index in [1.807, 2.05) is 0 Å². The Morgan fingerprint density at radius 2 is 1.89 bits per heavy atom. The van der Waals surface area contributed by atoms with Crippen molar-refractivity contribution in [3.8, 4) is 6.07 Å². The molecule has 0 spiro atoms. The van der Waals surface area contributed by atoms with Gasteiger partial charge in [-0.05, 0) is 25.2 Å². The highest BCUT2D eigenvalue weighted by Gasteiger charge is 2.39. The predicted octanol–water partition coefficient (Wildman–Crippen LogP) is 2.37. The second-order valence-electron chi connectivity index (χ2n) is 6.09. The molecule has 1 rings (SSSR count). The molecule has 1 saturated carbocycles. The molecule has 2 N–H and O–H groups in total. The van der Waals surface area contributed by atoms with Gasteiger partial charge in [-0.15, -0.1) is 0 Å². The number of amides is 1. The summed E-state index contributed by atoms with van der Waals surface area (Å²) < 4.78 is 0. The number of nitriles is 1. The van der Waals surface area contributed by atoms with E-state index >= 15 is 0 Å². The van der Waals surface area contributed by atoms with Gasteiger partial charge in [0.25, 0.3) is 0 Å². The van der Waals surface area contributed by atoms with Crippen LogP contribution in [0, 0.1) is 22.7 Å². The molecule has 1 unspecified atom stereocenters. The van der Waals surface area contributed by atoms with E-state index < -0.39 is 5.41 Å². The molecule has 0 aromatic rings. The van der Waals surface area contributed by atoms with Gasteiger partial charge in [-0.25, -0.2) is 0 Å². The summed E-state index contributed by atoms with van der Waals surface area (Å²) in [6.45, 7) is 4.05. The zero-order valence-electron chi connectivity index (χ0n) is 12.1. The van der Waals surface area contributed by atoms with Crippen molar-refractivity contribution in [1.29, 1.82) is 5.26 Å². The third kappa shape index (κ3) is 4.50. The van der Waals surface area contributed by atoms with E-state index in [4.69, 9.17) is 0 Å². The predicted molar refractivity (Wildman–Crippen MR) is 74.2 cm³/mol. The van der Waals surface area contributed by atoms with Crippen LogP contribution in [0.1, 0.15) is 58.8 Å². The molecule has 0 bridgehead atoms. The first-order chi connectivity index (χ1) is 9.04. The molecule has 1 amide bonds. The van der Waals surface area contributed by atoms with Crippen molar-refractivity contribution in [2.24, 2.45) is 11.3 Å². The van der Waals surface area contributed by atoms with Gasteiger partial charge >= 0.3 is 0 Å². The van der Waals surface area contributed by atoms with E-state index in [0.29, 0.717) is 18.8 Å². The lowest BCUT2D eigenvalue weighted by molar-refractivity contribution is -0.130. The molecule has 0 saturated heterocycles. The molecular formula is C15H26N2O2. The summed E-state index contributed by atoms with van der Waals surface area (Å²) in [6, 6.07) is 2.01. The smallest absolute Gasteiger partial charge is 0.240 e. The minimum absolute atomic E-state index is 0.0641. The number of nitrogens with zero attached hydrogens (tertiary/aromatic N) is 1. The lowest BCUT2D eigenvalue weighted by atomic mass is 9.80. The van der Waals surface area contributed by atoms with Crippen molar-refractivity contribution in [1.82, 2.24) is 5.32 Å². The van der Waals surface area contributed by atoms with Crippen LogP contribution in [0.15, 0.2) is 0 Å². The second-order valence-corrected chi connectivity index (χ2v) is 6.09. The van der Waals surface area contributed by atoms with Gasteiger partial charge in [0.2, 0.25) is 5.91 Å². The van der Waals surface area contributed by atoms with E-state index in [-0.39, 0.29) is 18.6 Å². The van der Waals surface area contributed by atoms with Crippen LogP contribution in [0.2, 0.25) is 0 Å². The van der Waals surface area contributed by atoms with E-state index in [1.54, 1.807) is 0 Å². The van der Waals surface area contributed by atoms with Crippen LogP contribution >= 0.6 is 0 Å². The second kappa shape index (κ2) is 7.49. The van der Waals surface area contributed by atoms with Gasteiger partial charge < -0.3 is 10.4 Å². The number of aliphatic hydroxyl groups is 1. The Kier molecular flexibility index (Phi) is 6.30. The fourth-order valence-electron chi connectivity index (χ4n) is 2.79. The van der Waals surface area contributed by atoms with Gasteiger partial charge in [-0.3, -0.25) is 4.79 Å². The maximum absolute atomic E-state index is 12.4. The van der Waals surface area contributed by atoms with E-state index in [1.165, 1.54) is 0 Å². The summed E-state index contributed by atoms with van der Waals surface area (Å²) in [7, 11) is 0. The Labute approximate surface area is 116 Å². The topological polar surface area (TPSA) is 73.1 Å². The van der Waals surface area contributed by atoms with E-state index in [0.717, 1.165) is 32.1 Å². The van der Waals surface area contributed by atoms with Gasteiger partial charge in [-0.2, -0.15) is 5.26 Å². The average Bonchev–Trinajstić information content (AvgIpc) is 2.63. The zero-order valence-corrected chi connectivity index (χ0v) is 12.1. The molecule has 0 heterocycles. The lowest BCUT2D eigenvalue weighted by Crippen LogP contribution is -2.46. The molecule has 1 fully saturated rings. The molecule has 0 aromatic carbocycles. The largest absolute Gasteiger partial charge is 0.394 e. The summed E-state index contributed by atoms with van der Waals surface area (Å²) in [5.74, 6) is 0.223. The summed E-state index contributed by atoms with van der Waals surface area (Å²) in [5.41, 5.74) is -0.874. The first kappa shape index (κ1) is 16.0. The van der Waals surface area contributed by atoms with Crippen LogP contribution in [0.3, 0.4) is 0 Å². The van der Waals surface area contributed by atoms with Gasteiger partial charge in [0, 0.05) is 0 Å². The minimum atomic E-state index is -0.874. The fraction of sp³-hybridized carbons (Fsp3) is 0.867. The monoisotopic (exact) mass is 266 g/mol. The number of aliphatic hydroxyl groups excluding tert-OH is 1. The maximum atomic E-state index is 12.4. The molecule has 1 aliphatic carbocycles. The van der Waals surface area contributed by atoms with Crippen molar-refractivity contribution in [2.45, 2.75) is 64.8 Å². The van der Waals surface area contributed by atoms with Gasteiger partial charge in [0.15, 0.2) is 0 Å². The van der Waals surface area contributed by atoms with Crippen molar-refractivity contribution in [3.05, 3.63) is 0 Å². The quantitative estimate of drug-likeness (QED) is 0.750. The van der Waals surface area contributed by atoms with Crippen molar-refractivity contribution in [2.75, 3.05) is 6.61 Å². The molecule has 0 aromatic heterocycles. The number of nitrogens with one attached hydrogen (secondary N) is 1. The highest BCUT2D eigenvalue weighted by Crippen LogP contribution is 2.34. The normalized spacial score (nSPS) is 20.4. The Bertz CT molecular complexity index is 326. The van der Waals surface area contributed by atoms with Crippen LogP contribution < -0.4 is 5.32 Å². The van der Waals surface area contributed by atoms with Crippen LogP contribution in [-0.2, 0) is 4.79 Å². The highest BCUT2D eigenvalue weighted by molar-refractivity contribution is 5.85. The summed E-state index contributed by atoms with van der Waals surface area (Å²) in [4.78, 5) is 12.4. The van der Waals surface area contributed by atoms with Crippen LogP contribution in [0.25, 0.3) is 0 Å². The molecule has 4 heteroatoms. The van der Waals surface area contributed by atoms with Crippen LogP contribution in [0.4, 0.5) is 0 Å². The molecule has 0 radical (unpaired) electrons. The molecule has 108 valence electrons. The van der Waals surface area contributed by atoms with Crippen LogP contribution in [-0.4, -0.2) is 23.7 Å². The van der Waals surface area contributed by atoms with E-state index in [9.17, 15) is 15.2 Å². The number of carbonyl (C=O) groups is 1. The minimum Gasteiger partial charge on any atom is -0.394 e. The number of rotatable bonds is 5. The molecular weight excluding hydrogens is 240 g/mol. The summed E-state index contributed by atoms with van der Waals surface area (Å²) in [5, 5.41) is 21.6. The Hall–Kier alpha value is -1.08. The van der Waals surface area contributed by atoms with Crippen molar-refractivity contribution < 1.29 is 9.90 Å². The highest BCUT2D eigenvalue weighted by atomic mass is 16.3. The fourth-order valence-corrected chi connectivity index (χ4v) is 2.79. The average molecular weight is 266 g/mol. The third-order valence-corrected chi connectivity index (χ3v) is 3.92. The van der Waals surface area contributed by atoms with Gasteiger partial charge in [-0.1, -0.05) is 39.5 Å². The Morgan fingerprint density at radius 1 is 1.32 bits per heavy atom. The number of hydrogen-bond acceptors (Lipinski definition) is 3. The standard InChI is InChI=1S/C15H26N2O2/c1-12(2)9-13(10-18)17-14(19)15(11-16)7-5-3-4-6-8-15/h12-13,18H,3-10H2,1-2H3,(H,17,19). The molecule has 1 atom stereocenters. The summed E-state index contributed by atoms with van der Waals surface area (Å²) >= 11 is 0. The van der Waals surface area contributed by atoms with E-state index in [2.05, 4.69) is 25.2 Å². The first-order valence-corrected chi connectivity index (χ1v) is 7.37. The van der Waals surface area contributed by atoms with Crippen molar-refractivity contribution >= 4 is 5.91 Å². The van der Waals surface area contributed by atoms with Gasteiger partial charge in [0.05, 0.1) is 18.7 Å². The molecule has 0 aliphatic heterocycles. The molecule has 19 heavy (non-hydrogen) atoms. The summed E-state index contributed by atoms with van der Waals surface area (Å²) in [6.07, 6.45) is 6.12.